The summed E-state index contributed by atoms with van der Waals surface area (Å²) in [7, 11) is 0. The summed E-state index contributed by atoms with van der Waals surface area (Å²) in [5.74, 6) is -0.00578. The smallest absolute Gasteiger partial charge is 0.244 e. The third-order valence-electron chi connectivity index (χ3n) is 3.76. The van der Waals surface area contributed by atoms with Gasteiger partial charge in [0.25, 0.3) is 0 Å². The Bertz CT molecular complexity index is 828. The monoisotopic (exact) mass is 404 g/mol. The maximum Gasteiger partial charge on any atom is 0.244 e. The highest BCUT2D eigenvalue weighted by Gasteiger charge is 2.10. The molecule has 1 aromatic heterocycles. The first-order valence-corrected chi connectivity index (χ1v) is 8.23. The van der Waals surface area contributed by atoms with Gasteiger partial charge in [0.15, 0.2) is 0 Å². The zero-order valence-electron chi connectivity index (χ0n) is 12.6. The average Bonchev–Trinajstić information content (AvgIpc) is 2.86. The number of halogens is 1. The van der Waals surface area contributed by atoms with Gasteiger partial charge in [-0.25, -0.2) is 0 Å². The summed E-state index contributed by atoms with van der Waals surface area (Å²) in [6.45, 7) is 4.37. The largest absolute Gasteiger partial charge is 0.338 e. The molecular formula is C18H17IN2O. The van der Waals surface area contributed by atoms with Crippen LogP contribution in [0.4, 0.5) is 5.69 Å². The van der Waals surface area contributed by atoms with Gasteiger partial charge < -0.3 is 9.88 Å². The van der Waals surface area contributed by atoms with Crippen LogP contribution < -0.4 is 5.32 Å². The zero-order valence-corrected chi connectivity index (χ0v) is 14.7. The lowest BCUT2D eigenvalue weighted by Gasteiger charge is -2.13. The predicted molar refractivity (Wildman–Crippen MR) is 99.2 cm³/mol. The Morgan fingerprint density at radius 1 is 1.14 bits per heavy atom. The van der Waals surface area contributed by atoms with Crippen molar-refractivity contribution in [3.8, 4) is 0 Å². The van der Waals surface area contributed by atoms with Crippen molar-refractivity contribution in [2.75, 3.05) is 5.32 Å². The number of fused-ring (bicyclic) bond motifs is 1. The number of aromatic nitrogens is 1. The minimum atomic E-state index is -0.00578. The van der Waals surface area contributed by atoms with Crippen molar-refractivity contribution in [3.63, 3.8) is 0 Å². The number of rotatable bonds is 3. The number of nitrogens with zero attached hydrogens (tertiary/aromatic N) is 1. The number of carbonyl (C=O) groups excluding carboxylic acids is 1. The van der Waals surface area contributed by atoms with Crippen LogP contribution in [0.5, 0.6) is 0 Å². The summed E-state index contributed by atoms with van der Waals surface area (Å²) in [6, 6.07) is 14.3. The molecule has 1 amide bonds. The average molecular weight is 404 g/mol. The van der Waals surface area contributed by atoms with Gasteiger partial charge in [0.2, 0.25) is 5.91 Å². The fourth-order valence-corrected chi connectivity index (χ4v) is 3.65. The molecule has 3 aromatic rings. The molecule has 0 bridgehead atoms. The second-order valence-corrected chi connectivity index (χ2v) is 6.71. The quantitative estimate of drug-likeness (QED) is 0.641. The van der Waals surface area contributed by atoms with Crippen molar-refractivity contribution in [1.29, 1.82) is 0 Å². The van der Waals surface area contributed by atoms with E-state index in [-0.39, 0.29) is 5.91 Å². The second-order valence-electron chi connectivity index (χ2n) is 5.47. The lowest BCUT2D eigenvalue weighted by atomic mass is 10.1. The Balaban J connectivity index is 1.81. The molecule has 0 aliphatic carbocycles. The molecule has 0 aliphatic heterocycles. The minimum absolute atomic E-state index is 0.00578. The predicted octanol–water partition coefficient (Wildman–Crippen LogP) is 4.50. The molecule has 1 N–H and O–H groups in total. The molecule has 0 saturated carbocycles. The summed E-state index contributed by atoms with van der Waals surface area (Å²) in [5, 5.41) is 4.20. The number of nitrogens with one attached hydrogen (secondary N) is 1. The van der Waals surface area contributed by atoms with Crippen molar-refractivity contribution in [1.82, 2.24) is 4.57 Å². The molecule has 0 saturated heterocycles. The second kappa shape index (κ2) is 6.12. The van der Waals surface area contributed by atoms with Crippen LogP contribution in [0.15, 0.2) is 48.7 Å². The maximum atomic E-state index is 12.4. The summed E-state index contributed by atoms with van der Waals surface area (Å²) >= 11 is 2.29. The lowest BCUT2D eigenvalue weighted by molar-refractivity contribution is -0.116. The third-order valence-corrected chi connectivity index (χ3v) is 4.38. The number of para-hydroxylation sites is 1. The molecular weight excluding hydrogens is 387 g/mol. The van der Waals surface area contributed by atoms with E-state index in [9.17, 15) is 4.79 Å². The normalized spacial score (nSPS) is 10.9. The lowest BCUT2D eigenvalue weighted by Crippen LogP contribution is -2.19. The standard InChI is InChI=1S/C18H17IN2O/c1-12-9-15(19)10-13(2)18(12)20-17(22)11-21-8-7-14-5-3-4-6-16(14)21/h3-10H,11H2,1-2H3,(H,20,22). The van der Waals surface area contributed by atoms with Crippen LogP contribution >= 0.6 is 22.6 Å². The maximum absolute atomic E-state index is 12.4. The highest BCUT2D eigenvalue weighted by atomic mass is 127. The van der Waals surface area contributed by atoms with E-state index >= 15 is 0 Å². The van der Waals surface area contributed by atoms with Gasteiger partial charge in [-0.05, 0) is 77.2 Å². The van der Waals surface area contributed by atoms with Crippen molar-refractivity contribution in [2.24, 2.45) is 0 Å². The van der Waals surface area contributed by atoms with Crippen LogP contribution in [0.3, 0.4) is 0 Å². The van der Waals surface area contributed by atoms with E-state index in [4.69, 9.17) is 0 Å². The van der Waals surface area contributed by atoms with E-state index in [1.54, 1.807) is 0 Å². The van der Waals surface area contributed by atoms with Crippen LogP contribution in [0.25, 0.3) is 10.9 Å². The molecule has 4 heteroatoms. The highest BCUT2D eigenvalue weighted by molar-refractivity contribution is 14.1. The van der Waals surface area contributed by atoms with Crippen LogP contribution in [0.1, 0.15) is 11.1 Å². The first-order chi connectivity index (χ1) is 10.5. The Morgan fingerprint density at radius 2 is 1.82 bits per heavy atom. The third kappa shape index (κ3) is 3.02. The van der Waals surface area contributed by atoms with Gasteiger partial charge in [-0.3, -0.25) is 4.79 Å². The number of hydrogen-bond donors (Lipinski definition) is 1. The molecule has 3 rings (SSSR count). The van der Waals surface area contributed by atoms with Gasteiger partial charge in [0.05, 0.1) is 0 Å². The van der Waals surface area contributed by atoms with Crippen LogP contribution in [-0.2, 0) is 11.3 Å². The van der Waals surface area contributed by atoms with Gasteiger partial charge in [0, 0.05) is 21.0 Å². The number of amides is 1. The molecule has 0 aliphatic rings. The Morgan fingerprint density at radius 3 is 2.55 bits per heavy atom. The molecule has 0 spiro atoms. The number of anilines is 1. The van der Waals surface area contributed by atoms with Gasteiger partial charge >= 0.3 is 0 Å². The molecule has 0 atom stereocenters. The van der Waals surface area contributed by atoms with Crippen LogP contribution in [-0.4, -0.2) is 10.5 Å². The summed E-state index contributed by atoms with van der Waals surface area (Å²) < 4.78 is 3.16. The summed E-state index contributed by atoms with van der Waals surface area (Å²) in [4.78, 5) is 12.4. The summed E-state index contributed by atoms with van der Waals surface area (Å²) in [6.07, 6.45) is 1.96. The molecule has 3 nitrogen and oxygen atoms in total. The van der Waals surface area contributed by atoms with E-state index in [0.29, 0.717) is 6.54 Å². The van der Waals surface area contributed by atoms with Crippen molar-refractivity contribution in [2.45, 2.75) is 20.4 Å². The van der Waals surface area contributed by atoms with Gasteiger partial charge in [-0.1, -0.05) is 18.2 Å². The molecule has 22 heavy (non-hydrogen) atoms. The van der Waals surface area contributed by atoms with Crippen molar-refractivity contribution in [3.05, 3.63) is 63.4 Å². The molecule has 1 heterocycles. The molecule has 2 aromatic carbocycles. The van der Waals surface area contributed by atoms with E-state index in [0.717, 1.165) is 27.7 Å². The molecule has 112 valence electrons. The molecule has 0 unspecified atom stereocenters. The minimum Gasteiger partial charge on any atom is -0.338 e. The Labute approximate surface area is 143 Å². The fraction of sp³-hybridized carbons (Fsp3) is 0.167. The molecule has 0 radical (unpaired) electrons. The van der Waals surface area contributed by atoms with Gasteiger partial charge in [0.1, 0.15) is 6.54 Å². The van der Waals surface area contributed by atoms with E-state index < -0.39 is 0 Å². The van der Waals surface area contributed by atoms with Gasteiger partial charge in [-0.15, -0.1) is 0 Å². The van der Waals surface area contributed by atoms with Crippen LogP contribution in [0, 0.1) is 17.4 Å². The SMILES string of the molecule is Cc1cc(I)cc(C)c1NC(=O)Cn1ccc2ccccc21. The number of benzene rings is 2. The Kier molecular flexibility index (Phi) is 4.20. The topological polar surface area (TPSA) is 34.0 Å². The van der Waals surface area contributed by atoms with Crippen LogP contribution in [0.2, 0.25) is 0 Å². The molecule has 0 fully saturated rings. The van der Waals surface area contributed by atoms with E-state index in [2.05, 4.69) is 46.1 Å². The van der Waals surface area contributed by atoms with E-state index in [1.165, 1.54) is 3.57 Å². The zero-order chi connectivity index (χ0) is 15.7. The fourth-order valence-electron chi connectivity index (χ4n) is 2.72. The number of carbonyl (C=O) groups is 1. The van der Waals surface area contributed by atoms with E-state index in [1.807, 2.05) is 48.9 Å². The number of hydrogen-bond acceptors (Lipinski definition) is 1. The van der Waals surface area contributed by atoms with Crippen molar-refractivity contribution >= 4 is 45.1 Å². The van der Waals surface area contributed by atoms with Gasteiger partial charge in [-0.2, -0.15) is 0 Å². The first kappa shape index (κ1) is 15.1. The Hall–Kier alpha value is -1.82. The first-order valence-electron chi connectivity index (χ1n) is 7.15. The highest BCUT2D eigenvalue weighted by Crippen LogP contribution is 2.23. The van der Waals surface area contributed by atoms with Crippen molar-refractivity contribution < 1.29 is 4.79 Å². The number of aryl methyl sites for hydroxylation is 2. The summed E-state index contributed by atoms with van der Waals surface area (Å²) in [5.41, 5.74) is 4.18.